The Kier molecular flexibility index (Phi) is 5.27. The summed E-state index contributed by atoms with van der Waals surface area (Å²) in [6, 6.07) is 11.2. The first-order valence-electron chi connectivity index (χ1n) is 7.24. The molecule has 0 saturated heterocycles. The summed E-state index contributed by atoms with van der Waals surface area (Å²) in [6.45, 7) is 1.89. The molecule has 0 unspecified atom stereocenters. The normalized spacial score (nSPS) is 10.7. The van der Waals surface area contributed by atoms with E-state index in [0.29, 0.717) is 29.5 Å². The van der Waals surface area contributed by atoms with E-state index in [1.165, 1.54) is 12.1 Å². The molecule has 1 N–H and O–H groups in total. The fraction of sp³-hybridized carbons (Fsp3) is 0.158. The molecule has 0 atom stereocenters. The lowest BCUT2D eigenvalue weighted by Gasteiger charge is -2.12. The number of aromatic carboxylic acids is 1. The maximum Gasteiger partial charge on any atom is 0.336 e. The lowest BCUT2D eigenvalue weighted by atomic mass is 9.94. The van der Waals surface area contributed by atoms with Gasteiger partial charge in [0.15, 0.2) is 0 Å². The maximum absolute atomic E-state index is 14.8. The summed E-state index contributed by atoms with van der Waals surface area (Å²) in [7, 11) is 0. The summed E-state index contributed by atoms with van der Waals surface area (Å²) in [4.78, 5) is 11.4. The van der Waals surface area contributed by atoms with Crippen molar-refractivity contribution in [1.29, 1.82) is 5.26 Å². The van der Waals surface area contributed by atoms with Crippen LogP contribution < -0.4 is 0 Å². The number of hydrogen-bond acceptors (Lipinski definition) is 2. The summed E-state index contributed by atoms with van der Waals surface area (Å²) in [5, 5.41) is 18.2. The van der Waals surface area contributed by atoms with Crippen molar-refractivity contribution < 1.29 is 14.3 Å². The van der Waals surface area contributed by atoms with Crippen molar-refractivity contribution in [3.8, 4) is 17.2 Å². The molecule has 0 heterocycles. The second-order valence-corrected chi connectivity index (χ2v) is 5.06. The molecule has 0 aromatic heterocycles. The second kappa shape index (κ2) is 7.37. The first-order valence-corrected chi connectivity index (χ1v) is 7.24. The lowest BCUT2D eigenvalue weighted by molar-refractivity contribution is 0.0697. The zero-order valence-electron chi connectivity index (χ0n) is 12.7. The Hall–Kier alpha value is -2.93. The molecule has 2 rings (SSSR count). The number of allylic oxidation sites excluding steroid dienone is 2. The smallest absolute Gasteiger partial charge is 0.336 e. The minimum Gasteiger partial charge on any atom is -0.478 e. The van der Waals surface area contributed by atoms with Gasteiger partial charge in [0.2, 0.25) is 0 Å². The van der Waals surface area contributed by atoms with Gasteiger partial charge in [0.05, 0.1) is 17.2 Å². The van der Waals surface area contributed by atoms with Crippen LogP contribution in [0.1, 0.15) is 34.8 Å². The van der Waals surface area contributed by atoms with Crippen LogP contribution in [0.2, 0.25) is 0 Å². The number of carbonyl (C=O) groups is 1. The van der Waals surface area contributed by atoms with Gasteiger partial charge in [-0.1, -0.05) is 30.4 Å². The highest BCUT2D eigenvalue weighted by Gasteiger charge is 2.19. The van der Waals surface area contributed by atoms with E-state index >= 15 is 0 Å². The van der Waals surface area contributed by atoms with Crippen LogP contribution in [0.4, 0.5) is 4.39 Å². The lowest BCUT2D eigenvalue weighted by Crippen LogP contribution is -2.04. The second-order valence-electron chi connectivity index (χ2n) is 5.06. The Bertz CT molecular complexity index is 786. The van der Waals surface area contributed by atoms with Crippen LogP contribution in [0.15, 0.2) is 48.6 Å². The Morgan fingerprint density at radius 3 is 2.52 bits per heavy atom. The van der Waals surface area contributed by atoms with Crippen LogP contribution in [-0.4, -0.2) is 11.1 Å². The molecule has 2 aromatic carbocycles. The SMILES string of the molecule is CC=CCCc1ccc(C(=O)O)c(-c2ccc(C#N)cc2)c1F. The predicted octanol–water partition coefficient (Wildman–Crippen LogP) is 4.57. The molecular formula is C19H16FNO2. The average Bonchev–Trinajstić information content (AvgIpc) is 2.56. The van der Waals surface area contributed by atoms with E-state index in [-0.39, 0.29) is 11.1 Å². The van der Waals surface area contributed by atoms with Crippen LogP contribution in [0.5, 0.6) is 0 Å². The van der Waals surface area contributed by atoms with Gasteiger partial charge in [-0.05, 0) is 49.1 Å². The number of aryl methyl sites for hydroxylation is 1. The summed E-state index contributed by atoms with van der Waals surface area (Å²) in [5.41, 5.74) is 1.36. The van der Waals surface area contributed by atoms with Gasteiger partial charge in [-0.15, -0.1) is 0 Å². The van der Waals surface area contributed by atoms with Crippen molar-refractivity contribution in [2.75, 3.05) is 0 Å². The molecule has 23 heavy (non-hydrogen) atoms. The molecule has 3 nitrogen and oxygen atoms in total. The number of hydrogen-bond donors (Lipinski definition) is 1. The Balaban J connectivity index is 2.55. The molecule has 0 aliphatic carbocycles. The molecule has 0 spiro atoms. The average molecular weight is 309 g/mol. The highest BCUT2D eigenvalue weighted by atomic mass is 19.1. The predicted molar refractivity (Wildman–Crippen MR) is 86.6 cm³/mol. The number of carboxylic acids is 1. The van der Waals surface area contributed by atoms with E-state index in [2.05, 4.69) is 0 Å². The van der Waals surface area contributed by atoms with Crippen LogP contribution in [-0.2, 0) is 6.42 Å². The van der Waals surface area contributed by atoms with Crippen molar-refractivity contribution in [3.05, 3.63) is 71.1 Å². The molecule has 4 heteroatoms. The van der Waals surface area contributed by atoms with Gasteiger partial charge in [-0.2, -0.15) is 5.26 Å². The minimum atomic E-state index is -1.18. The number of halogens is 1. The van der Waals surface area contributed by atoms with E-state index in [4.69, 9.17) is 5.26 Å². The molecule has 0 aliphatic rings. The van der Waals surface area contributed by atoms with Crippen molar-refractivity contribution in [1.82, 2.24) is 0 Å². The van der Waals surface area contributed by atoms with E-state index in [9.17, 15) is 14.3 Å². The molecule has 0 radical (unpaired) electrons. The van der Waals surface area contributed by atoms with Crippen molar-refractivity contribution in [2.45, 2.75) is 19.8 Å². The quantitative estimate of drug-likeness (QED) is 0.823. The van der Waals surface area contributed by atoms with E-state index in [1.807, 2.05) is 25.1 Å². The third-order valence-corrected chi connectivity index (χ3v) is 3.57. The summed E-state index contributed by atoms with van der Waals surface area (Å²) < 4.78 is 14.8. The molecular weight excluding hydrogens is 293 g/mol. The summed E-state index contributed by atoms with van der Waals surface area (Å²) in [6.07, 6.45) is 5.02. The van der Waals surface area contributed by atoms with Crippen LogP contribution in [0, 0.1) is 17.1 Å². The zero-order valence-corrected chi connectivity index (χ0v) is 12.7. The van der Waals surface area contributed by atoms with Crippen LogP contribution >= 0.6 is 0 Å². The highest BCUT2D eigenvalue weighted by Crippen LogP contribution is 2.30. The fourth-order valence-electron chi connectivity index (χ4n) is 2.39. The number of nitriles is 1. The zero-order chi connectivity index (χ0) is 16.8. The first-order chi connectivity index (χ1) is 11.1. The molecule has 2 aromatic rings. The summed E-state index contributed by atoms with van der Waals surface area (Å²) >= 11 is 0. The molecule has 0 bridgehead atoms. The minimum absolute atomic E-state index is 0.0694. The standard InChI is InChI=1S/C19H16FNO2/c1-2-3-4-5-15-10-11-16(19(22)23)17(18(15)20)14-8-6-13(12-21)7-9-14/h2-3,6-11H,4-5H2,1H3,(H,22,23). The fourth-order valence-corrected chi connectivity index (χ4v) is 2.39. The topological polar surface area (TPSA) is 61.1 Å². The Morgan fingerprint density at radius 1 is 1.26 bits per heavy atom. The molecule has 116 valence electrons. The Morgan fingerprint density at radius 2 is 1.96 bits per heavy atom. The number of benzene rings is 2. The largest absolute Gasteiger partial charge is 0.478 e. The number of nitrogens with zero attached hydrogens (tertiary/aromatic N) is 1. The van der Waals surface area contributed by atoms with Gasteiger partial charge in [-0.25, -0.2) is 9.18 Å². The van der Waals surface area contributed by atoms with Crippen LogP contribution in [0.3, 0.4) is 0 Å². The third-order valence-electron chi connectivity index (χ3n) is 3.57. The maximum atomic E-state index is 14.8. The van der Waals surface area contributed by atoms with Gasteiger partial charge >= 0.3 is 5.97 Å². The van der Waals surface area contributed by atoms with Gasteiger partial charge < -0.3 is 5.11 Å². The monoisotopic (exact) mass is 309 g/mol. The van der Waals surface area contributed by atoms with Crippen molar-refractivity contribution in [3.63, 3.8) is 0 Å². The highest BCUT2D eigenvalue weighted by molar-refractivity contribution is 5.96. The van der Waals surface area contributed by atoms with Crippen molar-refractivity contribution >= 4 is 5.97 Å². The summed E-state index contributed by atoms with van der Waals surface area (Å²) in [5.74, 6) is -1.69. The molecule has 0 amide bonds. The van der Waals surface area contributed by atoms with E-state index in [1.54, 1.807) is 24.3 Å². The molecule has 0 saturated carbocycles. The van der Waals surface area contributed by atoms with Gasteiger partial charge in [0, 0.05) is 5.56 Å². The van der Waals surface area contributed by atoms with E-state index < -0.39 is 11.8 Å². The molecule has 0 aliphatic heterocycles. The van der Waals surface area contributed by atoms with Gasteiger partial charge in [0.25, 0.3) is 0 Å². The van der Waals surface area contributed by atoms with Crippen LogP contribution in [0.25, 0.3) is 11.1 Å². The van der Waals surface area contributed by atoms with E-state index in [0.717, 1.165) is 0 Å². The van der Waals surface area contributed by atoms with Gasteiger partial charge in [0.1, 0.15) is 5.82 Å². The van der Waals surface area contributed by atoms with Gasteiger partial charge in [-0.3, -0.25) is 0 Å². The first kappa shape index (κ1) is 16.4. The van der Waals surface area contributed by atoms with Crippen molar-refractivity contribution in [2.24, 2.45) is 0 Å². The number of carboxylic acid groups (broad SMARTS) is 1. The number of rotatable bonds is 5. The molecule has 0 fully saturated rings. The Labute approximate surface area is 134 Å². The third kappa shape index (κ3) is 3.64.